The van der Waals surface area contributed by atoms with E-state index in [1.807, 2.05) is 0 Å². The van der Waals surface area contributed by atoms with Crippen LogP contribution in [0.2, 0.25) is 0 Å². The third kappa shape index (κ3) is 6.29. The zero-order valence-corrected chi connectivity index (χ0v) is 23.7. The molecular formula is C27H31N3O7S2. The molecule has 2 saturated heterocycles. The lowest BCUT2D eigenvalue weighted by molar-refractivity contribution is -0.122. The number of hydrogen-bond donors (Lipinski definition) is 1. The Morgan fingerprint density at radius 3 is 2.44 bits per heavy atom. The minimum Gasteiger partial charge on any atom is -0.493 e. The van der Waals surface area contributed by atoms with Crippen molar-refractivity contribution in [2.45, 2.75) is 31.1 Å². The molecule has 0 unspecified atom stereocenters. The van der Waals surface area contributed by atoms with Crippen molar-refractivity contribution in [1.82, 2.24) is 14.5 Å². The fourth-order valence-corrected chi connectivity index (χ4v) is 7.07. The molecule has 12 heteroatoms. The van der Waals surface area contributed by atoms with Crippen LogP contribution in [0.5, 0.6) is 11.5 Å². The second kappa shape index (κ2) is 12.2. The highest BCUT2D eigenvalue weighted by molar-refractivity contribution is 8.18. The summed E-state index contributed by atoms with van der Waals surface area (Å²) >= 11 is 0.817. The Bertz CT molecular complexity index is 1420. The van der Waals surface area contributed by atoms with E-state index in [0.29, 0.717) is 35.7 Å². The Balaban J connectivity index is 1.40. The number of thioether (sulfide) groups is 1. The highest BCUT2D eigenvalue weighted by Crippen LogP contribution is 2.34. The Kier molecular flexibility index (Phi) is 8.98. The minimum atomic E-state index is -3.71. The number of methoxy groups -OCH3 is 2. The van der Waals surface area contributed by atoms with E-state index in [1.165, 1.54) is 24.6 Å². The molecule has 0 aromatic heterocycles. The van der Waals surface area contributed by atoms with Gasteiger partial charge in [0, 0.05) is 31.7 Å². The molecule has 208 valence electrons. The van der Waals surface area contributed by atoms with Crippen LogP contribution in [-0.2, 0) is 14.8 Å². The lowest BCUT2D eigenvalue weighted by Crippen LogP contribution is -2.37. The first kappa shape index (κ1) is 28.7. The van der Waals surface area contributed by atoms with Crippen molar-refractivity contribution >= 4 is 44.9 Å². The van der Waals surface area contributed by atoms with Gasteiger partial charge in [0.05, 0.1) is 24.0 Å². The maximum atomic E-state index is 13.2. The van der Waals surface area contributed by atoms with Gasteiger partial charge in [-0.3, -0.25) is 19.3 Å². The van der Waals surface area contributed by atoms with Gasteiger partial charge in [-0.1, -0.05) is 18.6 Å². The Labute approximate surface area is 232 Å². The van der Waals surface area contributed by atoms with Crippen LogP contribution in [-0.4, -0.2) is 75.1 Å². The number of carbonyl (C=O) groups is 3. The zero-order chi connectivity index (χ0) is 28.2. The van der Waals surface area contributed by atoms with E-state index < -0.39 is 27.1 Å². The Morgan fingerprint density at radius 1 is 1.03 bits per heavy atom. The highest BCUT2D eigenvalue weighted by Gasteiger charge is 2.35. The van der Waals surface area contributed by atoms with Gasteiger partial charge in [-0.25, -0.2) is 8.42 Å². The van der Waals surface area contributed by atoms with Crippen molar-refractivity contribution in [1.29, 1.82) is 0 Å². The van der Waals surface area contributed by atoms with Gasteiger partial charge in [-0.15, -0.1) is 0 Å². The van der Waals surface area contributed by atoms with E-state index in [-0.39, 0.29) is 28.5 Å². The largest absolute Gasteiger partial charge is 0.493 e. The highest BCUT2D eigenvalue weighted by atomic mass is 32.2. The summed E-state index contributed by atoms with van der Waals surface area (Å²) in [7, 11) is -0.672. The molecule has 39 heavy (non-hydrogen) atoms. The smallest absolute Gasteiger partial charge is 0.293 e. The Hall–Kier alpha value is -3.35. The van der Waals surface area contributed by atoms with Gasteiger partial charge in [0.15, 0.2) is 11.5 Å². The van der Waals surface area contributed by atoms with Crippen molar-refractivity contribution in [2.75, 3.05) is 40.4 Å². The molecule has 4 rings (SSSR count). The first-order chi connectivity index (χ1) is 18.6. The predicted molar refractivity (Wildman–Crippen MR) is 148 cm³/mol. The van der Waals surface area contributed by atoms with Crippen molar-refractivity contribution in [3.63, 3.8) is 0 Å². The van der Waals surface area contributed by atoms with Crippen LogP contribution in [0.4, 0.5) is 4.79 Å². The number of rotatable bonds is 9. The summed E-state index contributed by atoms with van der Waals surface area (Å²) in [6.07, 6.45) is 4.23. The van der Waals surface area contributed by atoms with Crippen LogP contribution < -0.4 is 14.8 Å². The summed E-state index contributed by atoms with van der Waals surface area (Å²) in [6.45, 7) is 2.63. The fraction of sp³-hybridized carbons (Fsp3) is 0.370. The number of carbonyl (C=O) groups excluding carboxylic acids is 3. The number of imide groups is 1. The van der Waals surface area contributed by atoms with Crippen LogP contribution in [0.25, 0.3) is 6.08 Å². The number of amides is 3. The van der Waals surface area contributed by atoms with Crippen molar-refractivity contribution < 1.29 is 32.3 Å². The van der Waals surface area contributed by atoms with Crippen LogP contribution in [0, 0.1) is 6.92 Å². The number of aryl methyl sites for hydroxylation is 1. The van der Waals surface area contributed by atoms with Crippen molar-refractivity contribution in [3.8, 4) is 11.5 Å². The van der Waals surface area contributed by atoms with Gasteiger partial charge < -0.3 is 14.8 Å². The van der Waals surface area contributed by atoms with E-state index in [2.05, 4.69) is 5.32 Å². The summed E-state index contributed by atoms with van der Waals surface area (Å²) in [5, 5.41) is 2.25. The van der Waals surface area contributed by atoms with Crippen LogP contribution in [0.15, 0.2) is 46.2 Å². The molecule has 0 atom stereocenters. The number of ether oxygens (including phenoxy) is 2. The second-order valence-electron chi connectivity index (χ2n) is 9.15. The monoisotopic (exact) mass is 573 g/mol. The summed E-state index contributed by atoms with van der Waals surface area (Å²) in [6, 6.07) is 9.72. The van der Waals surface area contributed by atoms with E-state index in [1.54, 1.807) is 43.3 Å². The first-order valence-corrected chi connectivity index (χ1v) is 14.8. The van der Waals surface area contributed by atoms with E-state index in [0.717, 1.165) is 35.9 Å². The van der Waals surface area contributed by atoms with Crippen molar-refractivity contribution in [2.24, 2.45) is 0 Å². The first-order valence-electron chi connectivity index (χ1n) is 12.5. The standard InChI is InChI=1S/C27H31N3O7S2/c1-18-7-9-20(17-24(18)39(34,35)29-12-5-4-6-13-29)25(31)28-11-14-30-26(32)23(38-27(30)33)16-19-8-10-21(36-2)22(15-19)37-3/h7-10,15-17H,4-6,11-14H2,1-3H3,(H,28,31). The molecule has 0 bridgehead atoms. The number of nitrogens with one attached hydrogen (secondary N) is 1. The summed E-state index contributed by atoms with van der Waals surface area (Å²) in [4.78, 5) is 39.6. The van der Waals surface area contributed by atoms with E-state index in [4.69, 9.17) is 9.47 Å². The molecule has 2 aliphatic rings. The summed E-state index contributed by atoms with van der Waals surface area (Å²) in [5.41, 5.74) is 1.43. The molecule has 2 fully saturated rings. The molecule has 2 aromatic carbocycles. The van der Waals surface area contributed by atoms with Crippen molar-refractivity contribution in [3.05, 3.63) is 58.0 Å². The van der Waals surface area contributed by atoms with Gasteiger partial charge in [-0.2, -0.15) is 4.31 Å². The van der Waals surface area contributed by atoms with Crippen LogP contribution >= 0.6 is 11.8 Å². The lowest BCUT2D eigenvalue weighted by Gasteiger charge is -2.26. The molecule has 10 nitrogen and oxygen atoms in total. The normalized spacial score (nSPS) is 17.5. The number of nitrogens with zero attached hydrogens (tertiary/aromatic N) is 2. The molecule has 2 aliphatic heterocycles. The summed E-state index contributed by atoms with van der Waals surface area (Å²) < 4.78 is 38.3. The molecule has 0 saturated carbocycles. The lowest BCUT2D eigenvalue weighted by atomic mass is 10.1. The second-order valence-corrected chi connectivity index (χ2v) is 12.0. The molecule has 1 N–H and O–H groups in total. The third-order valence-corrected chi connectivity index (χ3v) is 9.53. The SMILES string of the molecule is COc1ccc(C=C2SC(=O)N(CCNC(=O)c3ccc(C)c(S(=O)(=O)N4CCCCC4)c3)C2=O)cc1OC. The molecule has 2 aromatic rings. The Morgan fingerprint density at radius 2 is 1.74 bits per heavy atom. The fourth-order valence-electron chi connectivity index (χ4n) is 4.43. The van der Waals surface area contributed by atoms with Crippen LogP contribution in [0.3, 0.4) is 0 Å². The number of hydrogen-bond acceptors (Lipinski definition) is 8. The topological polar surface area (TPSA) is 122 Å². The number of sulfonamides is 1. The van der Waals surface area contributed by atoms with Gasteiger partial charge >= 0.3 is 0 Å². The van der Waals surface area contributed by atoms with Gasteiger partial charge in [0.2, 0.25) is 10.0 Å². The zero-order valence-electron chi connectivity index (χ0n) is 22.1. The molecule has 2 heterocycles. The number of benzene rings is 2. The van der Waals surface area contributed by atoms with E-state index in [9.17, 15) is 22.8 Å². The maximum Gasteiger partial charge on any atom is 0.293 e. The molecule has 3 amide bonds. The predicted octanol–water partition coefficient (Wildman–Crippen LogP) is 3.65. The molecule has 0 radical (unpaired) electrons. The molecular weight excluding hydrogens is 542 g/mol. The minimum absolute atomic E-state index is 0.0165. The maximum absolute atomic E-state index is 13.2. The summed E-state index contributed by atoms with van der Waals surface area (Å²) in [5.74, 6) is 0.0942. The van der Waals surface area contributed by atoms with Gasteiger partial charge in [-0.05, 0) is 73.0 Å². The van der Waals surface area contributed by atoms with Gasteiger partial charge in [0.1, 0.15) is 0 Å². The average Bonchev–Trinajstić information content (AvgIpc) is 3.20. The number of piperidine rings is 1. The molecule has 0 spiro atoms. The van der Waals surface area contributed by atoms with E-state index >= 15 is 0 Å². The van der Waals surface area contributed by atoms with Crippen LogP contribution in [0.1, 0.15) is 40.7 Å². The van der Waals surface area contributed by atoms with Gasteiger partial charge in [0.25, 0.3) is 17.1 Å². The molecule has 0 aliphatic carbocycles. The average molecular weight is 574 g/mol. The third-order valence-electron chi connectivity index (χ3n) is 6.58. The quantitative estimate of drug-likeness (QED) is 0.451.